The molecule has 4 heteroatoms. The summed E-state index contributed by atoms with van der Waals surface area (Å²) in [6, 6.07) is 6.16. The van der Waals surface area contributed by atoms with Crippen molar-refractivity contribution in [1.82, 2.24) is 4.90 Å². The Morgan fingerprint density at radius 3 is 2.62 bits per heavy atom. The first-order chi connectivity index (χ1) is 7.78. The van der Waals surface area contributed by atoms with E-state index in [4.69, 9.17) is 10.5 Å². The van der Waals surface area contributed by atoms with E-state index < -0.39 is 0 Å². The molecule has 0 spiro atoms. The number of hydrogen-bond donors (Lipinski definition) is 1. The van der Waals surface area contributed by atoms with Crippen LogP contribution in [0.3, 0.4) is 0 Å². The molecule has 3 nitrogen and oxygen atoms in total. The average molecular weight is 224 g/mol. The number of nitrogens with two attached hydrogens (primary N) is 1. The van der Waals surface area contributed by atoms with E-state index >= 15 is 0 Å². The molecule has 2 rings (SSSR count). The van der Waals surface area contributed by atoms with E-state index in [1.54, 1.807) is 12.1 Å². The standard InChI is InChI=1S/C12H17FN2O/c13-10-2-4-11(5-3-10)16-12-8-15(9-12)7-1-6-14/h2-5,12H,1,6-9,14H2. The van der Waals surface area contributed by atoms with Crippen molar-refractivity contribution >= 4 is 0 Å². The first-order valence-electron chi connectivity index (χ1n) is 5.62. The molecule has 0 unspecified atom stereocenters. The van der Waals surface area contributed by atoms with Crippen molar-refractivity contribution in [1.29, 1.82) is 0 Å². The molecule has 0 bridgehead atoms. The maximum absolute atomic E-state index is 12.6. The normalized spacial score (nSPS) is 17.1. The molecule has 88 valence electrons. The van der Waals surface area contributed by atoms with E-state index in [2.05, 4.69) is 4.90 Å². The Morgan fingerprint density at radius 1 is 1.31 bits per heavy atom. The zero-order valence-electron chi connectivity index (χ0n) is 9.23. The third-order valence-electron chi connectivity index (χ3n) is 2.72. The van der Waals surface area contributed by atoms with E-state index in [0.717, 1.165) is 38.3 Å². The highest BCUT2D eigenvalue weighted by molar-refractivity contribution is 5.22. The van der Waals surface area contributed by atoms with Crippen molar-refractivity contribution in [2.24, 2.45) is 5.73 Å². The molecule has 1 aliphatic heterocycles. The van der Waals surface area contributed by atoms with Crippen LogP contribution >= 0.6 is 0 Å². The lowest BCUT2D eigenvalue weighted by Crippen LogP contribution is -2.54. The van der Waals surface area contributed by atoms with Gasteiger partial charge in [-0.1, -0.05) is 0 Å². The van der Waals surface area contributed by atoms with Gasteiger partial charge in [0.15, 0.2) is 0 Å². The van der Waals surface area contributed by atoms with Gasteiger partial charge in [-0.05, 0) is 43.8 Å². The van der Waals surface area contributed by atoms with Crippen LogP contribution in [0.4, 0.5) is 4.39 Å². The minimum Gasteiger partial charge on any atom is -0.488 e. The van der Waals surface area contributed by atoms with Crippen LogP contribution in [0.5, 0.6) is 5.75 Å². The molecule has 1 aliphatic rings. The van der Waals surface area contributed by atoms with Gasteiger partial charge in [-0.25, -0.2) is 4.39 Å². The van der Waals surface area contributed by atoms with Crippen LogP contribution in [0.1, 0.15) is 6.42 Å². The third-order valence-corrected chi connectivity index (χ3v) is 2.72. The van der Waals surface area contributed by atoms with Crippen molar-refractivity contribution in [3.05, 3.63) is 30.1 Å². The predicted octanol–water partition coefficient (Wildman–Crippen LogP) is 1.24. The number of ether oxygens (including phenoxy) is 1. The molecule has 0 amide bonds. The lowest BCUT2D eigenvalue weighted by Gasteiger charge is -2.38. The molecule has 0 saturated carbocycles. The van der Waals surface area contributed by atoms with Crippen LogP contribution in [0.2, 0.25) is 0 Å². The fourth-order valence-electron chi connectivity index (χ4n) is 1.80. The van der Waals surface area contributed by atoms with Crippen LogP contribution in [0.15, 0.2) is 24.3 Å². The summed E-state index contributed by atoms with van der Waals surface area (Å²) in [5.41, 5.74) is 5.43. The third kappa shape index (κ3) is 2.93. The molecule has 1 aromatic rings. The fourth-order valence-corrected chi connectivity index (χ4v) is 1.80. The molecule has 1 fully saturated rings. The second-order valence-corrected chi connectivity index (χ2v) is 4.10. The maximum Gasteiger partial charge on any atom is 0.124 e. The van der Waals surface area contributed by atoms with Gasteiger partial charge in [0.05, 0.1) is 0 Å². The van der Waals surface area contributed by atoms with Crippen molar-refractivity contribution in [2.75, 3.05) is 26.2 Å². The van der Waals surface area contributed by atoms with Gasteiger partial charge >= 0.3 is 0 Å². The Hall–Kier alpha value is -1.13. The summed E-state index contributed by atoms with van der Waals surface area (Å²) in [7, 11) is 0. The Morgan fingerprint density at radius 2 is 2.00 bits per heavy atom. The lowest BCUT2D eigenvalue weighted by molar-refractivity contribution is 0.0198. The van der Waals surface area contributed by atoms with Gasteiger partial charge < -0.3 is 10.5 Å². The zero-order chi connectivity index (χ0) is 11.4. The average Bonchev–Trinajstić information content (AvgIpc) is 2.24. The molecule has 2 N–H and O–H groups in total. The van der Waals surface area contributed by atoms with E-state index in [1.807, 2.05) is 0 Å². The number of benzene rings is 1. The van der Waals surface area contributed by atoms with Crippen LogP contribution in [0.25, 0.3) is 0 Å². The lowest BCUT2D eigenvalue weighted by atomic mass is 10.1. The second kappa shape index (κ2) is 5.27. The van der Waals surface area contributed by atoms with E-state index in [-0.39, 0.29) is 11.9 Å². The Balaban J connectivity index is 1.71. The van der Waals surface area contributed by atoms with Crippen LogP contribution in [-0.2, 0) is 0 Å². The maximum atomic E-state index is 12.6. The first kappa shape index (κ1) is 11.4. The Kier molecular flexibility index (Phi) is 3.74. The number of hydrogen-bond acceptors (Lipinski definition) is 3. The minimum absolute atomic E-state index is 0.231. The Labute approximate surface area is 95.0 Å². The predicted molar refractivity (Wildman–Crippen MR) is 60.9 cm³/mol. The van der Waals surface area contributed by atoms with Gasteiger partial charge in [-0.15, -0.1) is 0 Å². The summed E-state index contributed by atoms with van der Waals surface area (Å²) in [6.07, 6.45) is 1.27. The van der Waals surface area contributed by atoms with E-state index in [1.165, 1.54) is 12.1 Å². The summed E-state index contributed by atoms with van der Waals surface area (Å²) >= 11 is 0. The summed E-state index contributed by atoms with van der Waals surface area (Å²) in [6.45, 7) is 3.66. The molecule has 0 aliphatic carbocycles. The van der Waals surface area contributed by atoms with Gasteiger partial charge in [0.1, 0.15) is 17.7 Å². The Bertz CT molecular complexity index is 322. The van der Waals surface area contributed by atoms with Gasteiger partial charge in [0.2, 0.25) is 0 Å². The quantitative estimate of drug-likeness (QED) is 0.817. The first-order valence-corrected chi connectivity index (χ1v) is 5.62. The van der Waals surface area contributed by atoms with Gasteiger partial charge in [-0.3, -0.25) is 4.90 Å². The molecule has 0 radical (unpaired) electrons. The fraction of sp³-hybridized carbons (Fsp3) is 0.500. The molecule has 0 atom stereocenters. The summed E-state index contributed by atoms with van der Waals surface area (Å²) in [5.74, 6) is 0.510. The largest absolute Gasteiger partial charge is 0.488 e. The molecule has 1 aromatic carbocycles. The highest BCUT2D eigenvalue weighted by Gasteiger charge is 2.27. The number of rotatable bonds is 5. The smallest absolute Gasteiger partial charge is 0.124 e. The van der Waals surface area contributed by atoms with E-state index in [9.17, 15) is 4.39 Å². The topological polar surface area (TPSA) is 38.5 Å². The van der Waals surface area contributed by atoms with Gasteiger partial charge in [-0.2, -0.15) is 0 Å². The van der Waals surface area contributed by atoms with Crippen LogP contribution in [-0.4, -0.2) is 37.2 Å². The van der Waals surface area contributed by atoms with E-state index in [0.29, 0.717) is 0 Å². The molecule has 1 heterocycles. The van der Waals surface area contributed by atoms with Crippen LogP contribution in [0, 0.1) is 5.82 Å². The van der Waals surface area contributed by atoms with Crippen molar-refractivity contribution < 1.29 is 9.13 Å². The summed E-state index contributed by atoms with van der Waals surface area (Å²) in [5, 5.41) is 0. The number of likely N-dealkylation sites (tertiary alicyclic amines) is 1. The highest BCUT2D eigenvalue weighted by atomic mass is 19.1. The van der Waals surface area contributed by atoms with Crippen molar-refractivity contribution in [2.45, 2.75) is 12.5 Å². The van der Waals surface area contributed by atoms with Gasteiger partial charge in [0.25, 0.3) is 0 Å². The summed E-state index contributed by atoms with van der Waals surface area (Å²) in [4.78, 5) is 2.31. The molecular weight excluding hydrogens is 207 g/mol. The minimum atomic E-state index is -0.231. The van der Waals surface area contributed by atoms with Crippen LogP contribution < -0.4 is 10.5 Å². The molecule has 1 saturated heterocycles. The van der Waals surface area contributed by atoms with Crippen molar-refractivity contribution in [3.8, 4) is 5.75 Å². The second-order valence-electron chi connectivity index (χ2n) is 4.10. The summed E-state index contributed by atoms with van der Waals surface area (Å²) < 4.78 is 18.3. The number of nitrogens with zero attached hydrogens (tertiary/aromatic N) is 1. The van der Waals surface area contributed by atoms with Crippen molar-refractivity contribution in [3.63, 3.8) is 0 Å². The monoisotopic (exact) mass is 224 g/mol. The molecular formula is C12H17FN2O. The molecule has 0 aromatic heterocycles. The molecule has 16 heavy (non-hydrogen) atoms. The van der Waals surface area contributed by atoms with Gasteiger partial charge in [0, 0.05) is 13.1 Å². The SMILES string of the molecule is NCCCN1CC(Oc2ccc(F)cc2)C1. The zero-order valence-corrected chi connectivity index (χ0v) is 9.23. The highest BCUT2D eigenvalue weighted by Crippen LogP contribution is 2.18. The number of halogens is 1.